The van der Waals surface area contributed by atoms with Gasteiger partial charge in [-0.1, -0.05) is 23.4 Å². The van der Waals surface area contributed by atoms with Crippen molar-refractivity contribution in [1.29, 1.82) is 0 Å². The molecule has 2 N–H and O–H groups in total. The van der Waals surface area contributed by atoms with Crippen LogP contribution in [0.15, 0.2) is 41.6 Å². The third kappa shape index (κ3) is 3.69. The smallest absolute Gasteiger partial charge is 0.210 e. The topological polar surface area (TPSA) is 84.4 Å². The molecule has 0 amide bonds. The van der Waals surface area contributed by atoms with Crippen LogP contribution in [0.2, 0.25) is 5.02 Å². The molecule has 0 fully saturated rings. The van der Waals surface area contributed by atoms with Gasteiger partial charge in [-0.25, -0.2) is 4.68 Å². The van der Waals surface area contributed by atoms with Crippen molar-refractivity contribution in [2.75, 3.05) is 19.7 Å². The molecule has 9 heteroatoms. The highest BCUT2D eigenvalue weighted by Crippen LogP contribution is 2.35. The predicted molar refractivity (Wildman–Crippen MR) is 103 cm³/mol. The van der Waals surface area contributed by atoms with E-state index in [1.807, 2.05) is 36.4 Å². The summed E-state index contributed by atoms with van der Waals surface area (Å²) in [5.74, 6) is 8.97. The van der Waals surface area contributed by atoms with Crippen molar-refractivity contribution in [2.45, 2.75) is 17.5 Å². The first-order valence-electron chi connectivity index (χ1n) is 8.15. The first kappa shape index (κ1) is 18.0. The van der Waals surface area contributed by atoms with E-state index >= 15 is 0 Å². The van der Waals surface area contributed by atoms with Crippen molar-refractivity contribution < 1.29 is 14.2 Å². The molecule has 0 saturated heterocycles. The zero-order valence-corrected chi connectivity index (χ0v) is 16.1. The number of halogens is 1. The van der Waals surface area contributed by atoms with Gasteiger partial charge in [0.05, 0.1) is 13.7 Å². The molecule has 3 aromatic rings. The lowest BCUT2D eigenvalue weighted by Gasteiger charge is -2.20. The standard InChI is InChI=1S/C18H17ClN4O3S/c1-24-15-4-2-11(3-5-15)17-21-22-18(23(17)20)27-9-13-7-14(19)6-12-8-25-10-26-16(12)13/h2-7H,8-10,20H2,1H3. The van der Waals surface area contributed by atoms with E-state index in [-0.39, 0.29) is 6.79 Å². The normalized spacial score (nSPS) is 13.1. The molecule has 1 aliphatic heterocycles. The first-order valence-corrected chi connectivity index (χ1v) is 9.51. The largest absolute Gasteiger partial charge is 0.497 e. The monoisotopic (exact) mass is 404 g/mol. The Morgan fingerprint density at radius 2 is 2.07 bits per heavy atom. The number of thioether (sulfide) groups is 1. The van der Waals surface area contributed by atoms with E-state index < -0.39 is 0 Å². The van der Waals surface area contributed by atoms with Crippen molar-refractivity contribution in [2.24, 2.45) is 0 Å². The van der Waals surface area contributed by atoms with E-state index in [0.717, 1.165) is 28.2 Å². The SMILES string of the molecule is COc1ccc(-c2nnc(SCc3cc(Cl)cc4c3OCOC4)n2N)cc1. The molecule has 0 bridgehead atoms. The van der Waals surface area contributed by atoms with Crippen LogP contribution < -0.4 is 15.3 Å². The van der Waals surface area contributed by atoms with Crippen LogP contribution >= 0.6 is 23.4 Å². The molecular weight excluding hydrogens is 388 g/mol. The Kier molecular flexibility index (Phi) is 5.11. The summed E-state index contributed by atoms with van der Waals surface area (Å²) >= 11 is 7.68. The van der Waals surface area contributed by atoms with Gasteiger partial charge in [-0.05, 0) is 36.4 Å². The Labute approximate surface area is 165 Å². The Hall–Kier alpha value is -2.42. The van der Waals surface area contributed by atoms with Crippen LogP contribution in [0.5, 0.6) is 11.5 Å². The molecule has 140 valence electrons. The molecule has 0 spiro atoms. The first-order chi connectivity index (χ1) is 13.2. The lowest BCUT2D eigenvalue weighted by atomic mass is 10.1. The van der Waals surface area contributed by atoms with E-state index in [2.05, 4.69) is 10.2 Å². The number of hydrogen-bond donors (Lipinski definition) is 1. The fraction of sp³-hybridized carbons (Fsp3) is 0.222. The lowest BCUT2D eigenvalue weighted by molar-refractivity contribution is -0.0168. The van der Waals surface area contributed by atoms with Gasteiger partial charge in [0.25, 0.3) is 0 Å². The highest BCUT2D eigenvalue weighted by atomic mass is 35.5. The van der Waals surface area contributed by atoms with E-state index in [0.29, 0.717) is 28.4 Å². The minimum absolute atomic E-state index is 0.237. The predicted octanol–water partition coefficient (Wildman–Crippen LogP) is 3.48. The van der Waals surface area contributed by atoms with Crippen molar-refractivity contribution in [3.63, 3.8) is 0 Å². The van der Waals surface area contributed by atoms with E-state index in [9.17, 15) is 0 Å². The molecule has 1 aromatic heterocycles. The van der Waals surface area contributed by atoms with Gasteiger partial charge in [-0.2, -0.15) is 0 Å². The number of aromatic nitrogens is 3. The second-order valence-corrected chi connectivity index (χ2v) is 7.24. The Bertz CT molecular complexity index is 962. The molecule has 0 radical (unpaired) electrons. The average Bonchev–Trinajstić information content (AvgIpc) is 3.06. The highest BCUT2D eigenvalue weighted by molar-refractivity contribution is 7.98. The summed E-state index contributed by atoms with van der Waals surface area (Å²) in [4.78, 5) is 0. The fourth-order valence-electron chi connectivity index (χ4n) is 2.82. The molecular formula is C18H17ClN4O3S. The number of hydrogen-bond acceptors (Lipinski definition) is 7. The summed E-state index contributed by atoms with van der Waals surface area (Å²) in [6, 6.07) is 11.2. The van der Waals surface area contributed by atoms with Gasteiger partial charge in [-0.15, -0.1) is 10.2 Å². The van der Waals surface area contributed by atoms with E-state index in [1.54, 1.807) is 7.11 Å². The Balaban J connectivity index is 1.54. The van der Waals surface area contributed by atoms with Crippen LogP contribution in [0, 0.1) is 0 Å². The lowest BCUT2D eigenvalue weighted by Crippen LogP contribution is -2.13. The van der Waals surface area contributed by atoms with Crippen molar-refractivity contribution in [3.8, 4) is 22.9 Å². The molecule has 7 nitrogen and oxygen atoms in total. The zero-order valence-electron chi connectivity index (χ0n) is 14.5. The van der Waals surface area contributed by atoms with Crippen LogP contribution in [0.4, 0.5) is 0 Å². The molecule has 2 heterocycles. The van der Waals surface area contributed by atoms with Crippen LogP contribution in [0.1, 0.15) is 11.1 Å². The molecule has 4 rings (SSSR count). The summed E-state index contributed by atoms with van der Waals surface area (Å²) in [6.07, 6.45) is 0. The Morgan fingerprint density at radius 3 is 2.85 bits per heavy atom. The van der Waals surface area contributed by atoms with Gasteiger partial charge < -0.3 is 20.1 Å². The maximum absolute atomic E-state index is 6.22. The highest BCUT2D eigenvalue weighted by Gasteiger charge is 2.18. The van der Waals surface area contributed by atoms with Gasteiger partial charge in [-0.3, -0.25) is 0 Å². The summed E-state index contributed by atoms with van der Waals surface area (Å²) in [5.41, 5.74) is 2.77. The number of nitrogen functional groups attached to an aromatic ring is 1. The number of nitrogens with zero attached hydrogens (tertiary/aromatic N) is 3. The molecule has 1 aliphatic rings. The van der Waals surface area contributed by atoms with Gasteiger partial charge in [0.1, 0.15) is 11.5 Å². The summed E-state index contributed by atoms with van der Waals surface area (Å²) in [6.45, 7) is 0.725. The maximum Gasteiger partial charge on any atom is 0.210 e. The van der Waals surface area contributed by atoms with Gasteiger partial charge >= 0.3 is 0 Å². The third-order valence-corrected chi connectivity index (χ3v) is 5.33. The number of fused-ring (bicyclic) bond motifs is 1. The van der Waals surface area contributed by atoms with Crippen LogP contribution in [0.25, 0.3) is 11.4 Å². The number of methoxy groups -OCH3 is 1. The van der Waals surface area contributed by atoms with E-state index in [4.69, 9.17) is 31.7 Å². The van der Waals surface area contributed by atoms with E-state index in [1.165, 1.54) is 16.4 Å². The van der Waals surface area contributed by atoms with Crippen LogP contribution in [-0.2, 0) is 17.1 Å². The molecule has 27 heavy (non-hydrogen) atoms. The molecule has 0 unspecified atom stereocenters. The van der Waals surface area contributed by atoms with Crippen molar-refractivity contribution >= 4 is 23.4 Å². The minimum Gasteiger partial charge on any atom is -0.497 e. The van der Waals surface area contributed by atoms with Crippen LogP contribution in [0.3, 0.4) is 0 Å². The molecule has 0 saturated carbocycles. The van der Waals surface area contributed by atoms with Gasteiger partial charge in [0.2, 0.25) is 5.16 Å². The number of ether oxygens (including phenoxy) is 3. The number of rotatable bonds is 5. The van der Waals surface area contributed by atoms with Gasteiger partial charge in [0.15, 0.2) is 12.6 Å². The van der Waals surface area contributed by atoms with Crippen molar-refractivity contribution in [1.82, 2.24) is 14.9 Å². The second kappa shape index (κ2) is 7.67. The van der Waals surface area contributed by atoms with Crippen LogP contribution in [-0.4, -0.2) is 28.8 Å². The van der Waals surface area contributed by atoms with Crippen molar-refractivity contribution in [3.05, 3.63) is 52.5 Å². The van der Waals surface area contributed by atoms with Gasteiger partial charge in [0, 0.05) is 27.5 Å². The maximum atomic E-state index is 6.22. The fourth-order valence-corrected chi connectivity index (χ4v) is 3.91. The summed E-state index contributed by atoms with van der Waals surface area (Å²) < 4.78 is 17.6. The minimum atomic E-state index is 0.237. The molecule has 0 atom stereocenters. The number of nitrogens with two attached hydrogens (primary N) is 1. The third-order valence-electron chi connectivity index (χ3n) is 4.12. The number of benzene rings is 2. The molecule has 2 aromatic carbocycles. The summed E-state index contributed by atoms with van der Waals surface area (Å²) in [7, 11) is 1.62. The average molecular weight is 405 g/mol. The molecule has 0 aliphatic carbocycles. The summed E-state index contributed by atoms with van der Waals surface area (Å²) in [5, 5.41) is 9.66. The Morgan fingerprint density at radius 1 is 1.26 bits per heavy atom. The zero-order chi connectivity index (χ0) is 18.8. The quantitative estimate of drug-likeness (QED) is 0.514. The second-order valence-electron chi connectivity index (χ2n) is 5.86.